The van der Waals surface area contributed by atoms with Crippen molar-refractivity contribution in [3.63, 3.8) is 0 Å². The number of aliphatic hydroxyl groups excluding tert-OH is 2. The van der Waals surface area contributed by atoms with E-state index in [2.05, 4.69) is 0 Å². The first-order chi connectivity index (χ1) is 8.20. The zero-order chi connectivity index (χ0) is 12.9. The molecular weight excluding hydrogens is 230 g/mol. The lowest BCUT2D eigenvalue weighted by atomic mass is 10.6. The summed E-state index contributed by atoms with van der Waals surface area (Å²) in [6.45, 7) is 1.73. The number of nitrogens with one attached hydrogen (secondary N) is 1. The Morgan fingerprint density at radius 2 is 1.29 bits per heavy atom. The fourth-order valence-electron chi connectivity index (χ4n) is 0.807. The van der Waals surface area contributed by atoms with Crippen LogP contribution in [0.4, 0.5) is 0 Å². The van der Waals surface area contributed by atoms with Crippen molar-refractivity contribution in [2.75, 3.05) is 39.6 Å². The smallest absolute Gasteiger partial charge is 0.250 e. The van der Waals surface area contributed by atoms with Crippen LogP contribution < -0.4 is 5.32 Å². The molecule has 0 atom stereocenters. The van der Waals surface area contributed by atoms with Crippen LogP contribution in [-0.2, 0) is 19.1 Å². The van der Waals surface area contributed by atoms with Crippen molar-refractivity contribution >= 4 is 11.8 Å². The van der Waals surface area contributed by atoms with Gasteiger partial charge in [-0.05, 0) is 0 Å². The first kappa shape index (κ1) is 15.7. The van der Waals surface area contributed by atoms with Gasteiger partial charge in [-0.15, -0.1) is 0 Å². The van der Waals surface area contributed by atoms with Gasteiger partial charge in [0.05, 0.1) is 39.6 Å². The molecule has 0 aromatic rings. The number of carbonyl (C=O) groups is 2. The molecule has 1 rings (SSSR count). The molecule has 0 aromatic carbocycles. The molecule has 0 aliphatic carbocycles. The Kier molecular flexibility index (Phi) is 10.4. The second-order valence-electron chi connectivity index (χ2n) is 2.86. The van der Waals surface area contributed by atoms with E-state index in [9.17, 15) is 9.59 Å². The van der Waals surface area contributed by atoms with Crippen LogP contribution in [0.2, 0.25) is 0 Å². The molecule has 98 valence electrons. The molecule has 0 saturated heterocycles. The van der Waals surface area contributed by atoms with E-state index in [1.807, 2.05) is 5.32 Å². The normalized spacial score (nSPS) is 13.3. The van der Waals surface area contributed by atoms with Gasteiger partial charge >= 0.3 is 0 Å². The van der Waals surface area contributed by atoms with Gasteiger partial charge in [-0.1, -0.05) is 0 Å². The lowest BCUT2D eigenvalue weighted by Gasteiger charge is -2.01. The SMILES string of the molecule is O=C1C=CC(=O)N1.OCCOCCOCCO. The zero-order valence-electron chi connectivity index (χ0n) is 9.42. The molecule has 7 nitrogen and oxygen atoms in total. The lowest BCUT2D eigenvalue weighted by Crippen LogP contribution is -2.19. The summed E-state index contributed by atoms with van der Waals surface area (Å²) >= 11 is 0. The molecule has 3 N–H and O–H groups in total. The van der Waals surface area contributed by atoms with Crippen LogP contribution in [-0.4, -0.2) is 61.7 Å². The van der Waals surface area contributed by atoms with Crippen LogP contribution in [0.5, 0.6) is 0 Å². The van der Waals surface area contributed by atoms with Crippen molar-refractivity contribution in [2.24, 2.45) is 0 Å². The van der Waals surface area contributed by atoms with Gasteiger partial charge < -0.3 is 19.7 Å². The predicted octanol–water partition coefficient (Wildman–Crippen LogP) is -1.80. The standard InChI is InChI=1S/C6H14O4.C4H3NO2/c7-1-3-9-5-6-10-4-2-8;6-3-1-2-4(7)5-3/h7-8H,1-6H2;1-2H,(H,5,6,7). The van der Waals surface area contributed by atoms with E-state index in [1.54, 1.807) is 0 Å². The highest BCUT2D eigenvalue weighted by Gasteiger charge is 2.06. The molecule has 1 heterocycles. The number of imide groups is 1. The van der Waals surface area contributed by atoms with E-state index < -0.39 is 0 Å². The molecule has 0 bridgehead atoms. The van der Waals surface area contributed by atoms with Gasteiger partial charge in [0.1, 0.15) is 0 Å². The van der Waals surface area contributed by atoms with E-state index >= 15 is 0 Å². The van der Waals surface area contributed by atoms with Gasteiger partial charge in [0, 0.05) is 12.2 Å². The van der Waals surface area contributed by atoms with Crippen LogP contribution in [0.15, 0.2) is 12.2 Å². The minimum atomic E-state index is -0.329. The van der Waals surface area contributed by atoms with E-state index in [1.165, 1.54) is 12.2 Å². The monoisotopic (exact) mass is 247 g/mol. The number of hydrogen-bond acceptors (Lipinski definition) is 6. The molecule has 2 amide bonds. The molecule has 0 saturated carbocycles. The molecule has 0 spiro atoms. The zero-order valence-corrected chi connectivity index (χ0v) is 9.42. The van der Waals surface area contributed by atoms with Crippen molar-refractivity contribution in [3.05, 3.63) is 12.2 Å². The van der Waals surface area contributed by atoms with Crippen LogP contribution in [0.3, 0.4) is 0 Å². The van der Waals surface area contributed by atoms with Crippen LogP contribution in [0.25, 0.3) is 0 Å². The van der Waals surface area contributed by atoms with E-state index in [0.717, 1.165) is 0 Å². The maximum atomic E-state index is 10.0. The van der Waals surface area contributed by atoms with Gasteiger partial charge in [0.25, 0.3) is 11.8 Å². The second kappa shape index (κ2) is 11.2. The summed E-state index contributed by atoms with van der Waals surface area (Å²) in [5.41, 5.74) is 0. The first-order valence-electron chi connectivity index (χ1n) is 5.11. The van der Waals surface area contributed by atoms with Crippen molar-refractivity contribution in [1.29, 1.82) is 0 Å². The van der Waals surface area contributed by atoms with E-state index in [-0.39, 0.29) is 25.0 Å². The summed E-state index contributed by atoms with van der Waals surface area (Å²) in [6.07, 6.45) is 2.39. The fourth-order valence-corrected chi connectivity index (χ4v) is 0.807. The van der Waals surface area contributed by atoms with E-state index in [4.69, 9.17) is 19.7 Å². The maximum Gasteiger partial charge on any atom is 0.250 e. The molecule has 7 heteroatoms. The Morgan fingerprint density at radius 1 is 0.882 bits per heavy atom. The first-order valence-corrected chi connectivity index (χ1v) is 5.11. The average molecular weight is 247 g/mol. The van der Waals surface area contributed by atoms with Gasteiger partial charge in [-0.2, -0.15) is 0 Å². The lowest BCUT2D eigenvalue weighted by molar-refractivity contribution is -0.123. The minimum absolute atomic E-state index is 0.0417. The Labute approximate surface area is 99.0 Å². The number of rotatable bonds is 7. The minimum Gasteiger partial charge on any atom is -0.394 e. The van der Waals surface area contributed by atoms with Crippen molar-refractivity contribution in [1.82, 2.24) is 5.32 Å². The van der Waals surface area contributed by atoms with Crippen molar-refractivity contribution < 1.29 is 29.3 Å². The van der Waals surface area contributed by atoms with Crippen molar-refractivity contribution in [3.8, 4) is 0 Å². The number of amides is 2. The second-order valence-corrected chi connectivity index (χ2v) is 2.86. The summed E-state index contributed by atoms with van der Waals surface area (Å²) in [7, 11) is 0. The molecule has 0 radical (unpaired) electrons. The maximum absolute atomic E-state index is 10.0. The quantitative estimate of drug-likeness (QED) is 0.362. The summed E-state index contributed by atoms with van der Waals surface area (Å²) < 4.78 is 9.75. The van der Waals surface area contributed by atoms with Crippen LogP contribution in [0, 0.1) is 0 Å². The third-order valence-electron chi connectivity index (χ3n) is 1.48. The largest absolute Gasteiger partial charge is 0.394 e. The third kappa shape index (κ3) is 11.0. The van der Waals surface area contributed by atoms with Gasteiger partial charge in [-0.3, -0.25) is 14.9 Å². The summed E-state index contributed by atoms with van der Waals surface area (Å²) in [5.74, 6) is -0.657. The number of carbonyl (C=O) groups excluding carboxylic acids is 2. The highest BCUT2D eigenvalue weighted by Crippen LogP contribution is 1.82. The fraction of sp³-hybridized carbons (Fsp3) is 0.600. The van der Waals surface area contributed by atoms with Crippen LogP contribution >= 0.6 is 0 Å². The average Bonchev–Trinajstić information content (AvgIpc) is 2.68. The summed E-state index contributed by atoms with van der Waals surface area (Å²) in [6, 6.07) is 0. The van der Waals surface area contributed by atoms with Crippen LogP contribution in [0.1, 0.15) is 0 Å². The molecule has 1 aliphatic rings. The highest BCUT2D eigenvalue weighted by molar-refractivity contribution is 6.12. The summed E-state index contributed by atoms with van der Waals surface area (Å²) in [5, 5.41) is 18.6. The molecule has 0 unspecified atom stereocenters. The molecule has 0 fully saturated rings. The third-order valence-corrected chi connectivity index (χ3v) is 1.48. The molecule has 17 heavy (non-hydrogen) atoms. The molecule has 0 aromatic heterocycles. The Bertz CT molecular complexity index is 229. The van der Waals surface area contributed by atoms with Gasteiger partial charge in [0.2, 0.25) is 0 Å². The number of aliphatic hydroxyl groups is 2. The number of ether oxygens (including phenoxy) is 2. The number of hydrogen-bond donors (Lipinski definition) is 3. The van der Waals surface area contributed by atoms with Gasteiger partial charge in [0.15, 0.2) is 0 Å². The Balaban J connectivity index is 0.000000318. The van der Waals surface area contributed by atoms with E-state index in [0.29, 0.717) is 26.4 Å². The predicted molar refractivity (Wildman–Crippen MR) is 58.1 cm³/mol. The highest BCUT2D eigenvalue weighted by atomic mass is 16.5. The van der Waals surface area contributed by atoms with Gasteiger partial charge in [-0.25, -0.2) is 0 Å². The molecule has 1 aliphatic heterocycles. The summed E-state index contributed by atoms with van der Waals surface area (Å²) in [4.78, 5) is 20.1. The Hall–Kier alpha value is -1.28. The van der Waals surface area contributed by atoms with Crippen molar-refractivity contribution in [2.45, 2.75) is 0 Å². The Morgan fingerprint density at radius 3 is 1.53 bits per heavy atom. The molecular formula is C10H17NO6. The topological polar surface area (TPSA) is 105 Å².